The lowest BCUT2D eigenvalue weighted by Crippen LogP contribution is -2.45. The van der Waals surface area contributed by atoms with Crippen molar-refractivity contribution < 1.29 is 14.3 Å². The molecule has 2 atom stereocenters. The summed E-state index contributed by atoms with van der Waals surface area (Å²) in [5.74, 6) is -0.758. The van der Waals surface area contributed by atoms with Crippen LogP contribution < -0.4 is 5.32 Å². The van der Waals surface area contributed by atoms with E-state index < -0.39 is 11.9 Å². The van der Waals surface area contributed by atoms with Gasteiger partial charge in [-0.1, -0.05) is 25.0 Å². The van der Waals surface area contributed by atoms with Crippen molar-refractivity contribution in [1.82, 2.24) is 14.9 Å². The SMILES string of the molecule is O=C(N[C@H]1CCCC[C@@H]1O)c1cn(Cc2ccc3ncsc3c2)c2cccc(F)c12. The fourth-order valence-electron chi connectivity index (χ4n) is 4.33. The van der Waals surface area contributed by atoms with Crippen LogP contribution in [-0.4, -0.2) is 32.7 Å². The highest BCUT2D eigenvalue weighted by molar-refractivity contribution is 7.16. The van der Waals surface area contributed by atoms with E-state index in [1.807, 2.05) is 28.3 Å². The minimum Gasteiger partial charge on any atom is -0.391 e. The van der Waals surface area contributed by atoms with Crippen LogP contribution in [0.2, 0.25) is 0 Å². The fourth-order valence-corrected chi connectivity index (χ4v) is 5.07. The Balaban J connectivity index is 1.50. The molecule has 1 amide bonds. The zero-order chi connectivity index (χ0) is 20.7. The number of halogens is 1. The molecule has 0 bridgehead atoms. The Hall–Kier alpha value is -2.77. The van der Waals surface area contributed by atoms with Gasteiger partial charge in [-0.3, -0.25) is 4.79 Å². The van der Waals surface area contributed by atoms with Gasteiger partial charge in [0.05, 0.1) is 39.0 Å². The van der Waals surface area contributed by atoms with Crippen molar-refractivity contribution >= 4 is 38.4 Å². The molecule has 4 aromatic rings. The number of thiazole rings is 1. The third kappa shape index (κ3) is 3.48. The number of rotatable bonds is 4. The number of benzene rings is 2. The van der Waals surface area contributed by atoms with Crippen molar-refractivity contribution in [3.63, 3.8) is 0 Å². The molecule has 1 saturated carbocycles. The summed E-state index contributed by atoms with van der Waals surface area (Å²) in [5.41, 5.74) is 4.81. The Bertz CT molecular complexity index is 1230. The fraction of sp³-hybridized carbons (Fsp3) is 0.304. The zero-order valence-electron chi connectivity index (χ0n) is 16.3. The van der Waals surface area contributed by atoms with Gasteiger partial charge in [0.2, 0.25) is 0 Å². The molecule has 1 fully saturated rings. The first-order valence-electron chi connectivity index (χ1n) is 10.2. The van der Waals surface area contributed by atoms with Gasteiger partial charge in [-0.25, -0.2) is 9.37 Å². The van der Waals surface area contributed by atoms with Crippen LogP contribution in [0.15, 0.2) is 48.1 Å². The van der Waals surface area contributed by atoms with Crippen LogP contribution in [-0.2, 0) is 6.54 Å². The summed E-state index contributed by atoms with van der Waals surface area (Å²) in [6.45, 7) is 0.521. The van der Waals surface area contributed by atoms with E-state index in [9.17, 15) is 14.3 Å². The third-order valence-corrected chi connectivity index (χ3v) is 6.69. The first kappa shape index (κ1) is 19.2. The number of amides is 1. The molecule has 2 N–H and O–H groups in total. The summed E-state index contributed by atoms with van der Waals surface area (Å²) in [7, 11) is 0. The van der Waals surface area contributed by atoms with Crippen LogP contribution in [0, 0.1) is 5.82 Å². The van der Waals surface area contributed by atoms with Crippen LogP contribution in [0.25, 0.3) is 21.1 Å². The smallest absolute Gasteiger partial charge is 0.253 e. The van der Waals surface area contributed by atoms with Gasteiger partial charge in [0.15, 0.2) is 0 Å². The molecule has 0 unspecified atom stereocenters. The van der Waals surface area contributed by atoms with E-state index in [0.717, 1.165) is 35.0 Å². The second kappa shape index (κ2) is 7.81. The number of aliphatic hydroxyl groups excluding tert-OH is 1. The standard InChI is InChI=1S/C23H22FN3O2S/c24-16-4-3-6-19-22(16)15(23(29)26-17-5-1-2-7-20(17)28)12-27(19)11-14-8-9-18-21(10-14)30-13-25-18/h3-4,6,8-10,12-13,17,20,28H,1-2,5,7,11H2,(H,26,29)/t17-,20-/m0/s1. The van der Waals surface area contributed by atoms with Gasteiger partial charge in [-0.15, -0.1) is 11.3 Å². The van der Waals surface area contributed by atoms with Crippen LogP contribution >= 0.6 is 11.3 Å². The molecule has 30 heavy (non-hydrogen) atoms. The Morgan fingerprint density at radius 2 is 2.13 bits per heavy atom. The number of carbonyl (C=O) groups is 1. The van der Waals surface area contributed by atoms with E-state index in [-0.39, 0.29) is 11.9 Å². The molecule has 5 nitrogen and oxygen atoms in total. The number of aromatic nitrogens is 2. The lowest BCUT2D eigenvalue weighted by Gasteiger charge is -2.28. The lowest BCUT2D eigenvalue weighted by molar-refractivity contribution is 0.0718. The van der Waals surface area contributed by atoms with Gasteiger partial charge < -0.3 is 15.0 Å². The maximum Gasteiger partial charge on any atom is 0.253 e. The Kier molecular flexibility index (Phi) is 5.00. The number of fused-ring (bicyclic) bond motifs is 2. The molecule has 0 aliphatic heterocycles. The molecule has 2 heterocycles. The third-order valence-electron chi connectivity index (χ3n) is 5.89. The predicted molar refractivity (Wildman–Crippen MR) is 116 cm³/mol. The summed E-state index contributed by atoms with van der Waals surface area (Å²) in [6.07, 6.45) is 4.52. The van der Waals surface area contributed by atoms with Gasteiger partial charge in [0.25, 0.3) is 5.91 Å². The van der Waals surface area contributed by atoms with Crippen molar-refractivity contribution in [3.05, 3.63) is 65.0 Å². The van der Waals surface area contributed by atoms with E-state index in [1.165, 1.54) is 6.07 Å². The Morgan fingerprint density at radius 1 is 1.27 bits per heavy atom. The molecule has 0 saturated heterocycles. The number of nitrogens with zero attached hydrogens (tertiary/aromatic N) is 2. The molecule has 7 heteroatoms. The van der Waals surface area contributed by atoms with E-state index >= 15 is 0 Å². The summed E-state index contributed by atoms with van der Waals surface area (Å²) in [6, 6.07) is 10.6. The monoisotopic (exact) mass is 423 g/mol. The van der Waals surface area contributed by atoms with Gasteiger partial charge >= 0.3 is 0 Å². The molecular formula is C23H22FN3O2S. The molecule has 2 aromatic carbocycles. The van der Waals surface area contributed by atoms with Crippen LogP contribution in [0.1, 0.15) is 41.6 Å². The second-order valence-corrected chi connectivity index (χ2v) is 8.78. The molecule has 0 radical (unpaired) electrons. The highest BCUT2D eigenvalue weighted by atomic mass is 32.1. The number of nitrogens with one attached hydrogen (secondary N) is 1. The molecule has 154 valence electrons. The summed E-state index contributed by atoms with van der Waals surface area (Å²) >= 11 is 1.58. The van der Waals surface area contributed by atoms with Crippen molar-refractivity contribution in [2.75, 3.05) is 0 Å². The van der Waals surface area contributed by atoms with E-state index in [1.54, 1.807) is 23.6 Å². The summed E-state index contributed by atoms with van der Waals surface area (Å²) in [5, 5.41) is 13.4. The van der Waals surface area contributed by atoms with Crippen LogP contribution in [0.4, 0.5) is 4.39 Å². The van der Waals surface area contributed by atoms with E-state index in [2.05, 4.69) is 16.4 Å². The highest BCUT2D eigenvalue weighted by Gasteiger charge is 2.27. The average molecular weight is 424 g/mol. The van der Waals surface area contributed by atoms with Crippen LogP contribution in [0.3, 0.4) is 0 Å². The largest absolute Gasteiger partial charge is 0.391 e. The molecule has 2 aromatic heterocycles. The number of carbonyl (C=O) groups excluding carboxylic acids is 1. The molecule has 5 rings (SSSR count). The van der Waals surface area contributed by atoms with Crippen molar-refractivity contribution in [2.45, 2.75) is 44.4 Å². The normalized spacial score (nSPS) is 19.4. The molecule has 1 aliphatic rings. The molecular weight excluding hydrogens is 401 g/mol. The maximum absolute atomic E-state index is 14.7. The first-order valence-corrected chi connectivity index (χ1v) is 11.1. The Morgan fingerprint density at radius 3 is 3.00 bits per heavy atom. The number of aliphatic hydroxyl groups is 1. The van der Waals surface area contributed by atoms with Gasteiger partial charge in [-0.2, -0.15) is 0 Å². The quantitative estimate of drug-likeness (QED) is 0.509. The van der Waals surface area contributed by atoms with E-state index in [4.69, 9.17) is 0 Å². The number of hydrogen-bond donors (Lipinski definition) is 2. The summed E-state index contributed by atoms with van der Waals surface area (Å²) < 4.78 is 17.7. The summed E-state index contributed by atoms with van der Waals surface area (Å²) in [4.78, 5) is 17.3. The maximum atomic E-state index is 14.7. The average Bonchev–Trinajstić information content (AvgIpc) is 3.35. The second-order valence-electron chi connectivity index (χ2n) is 7.89. The highest BCUT2D eigenvalue weighted by Crippen LogP contribution is 2.27. The van der Waals surface area contributed by atoms with E-state index in [0.29, 0.717) is 29.4 Å². The lowest BCUT2D eigenvalue weighted by atomic mass is 9.92. The topological polar surface area (TPSA) is 67.2 Å². The molecule has 1 aliphatic carbocycles. The van der Waals surface area contributed by atoms with Gasteiger partial charge in [-0.05, 0) is 42.7 Å². The minimum absolute atomic E-state index is 0.287. The minimum atomic E-state index is -0.549. The first-order chi connectivity index (χ1) is 14.6. The predicted octanol–water partition coefficient (Wildman–Crippen LogP) is 4.47. The Labute approximate surface area is 177 Å². The van der Waals surface area contributed by atoms with Crippen molar-refractivity contribution in [3.8, 4) is 0 Å². The van der Waals surface area contributed by atoms with Crippen LogP contribution in [0.5, 0.6) is 0 Å². The van der Waals surface area contributed by atoms with Gasteiger partial charge in [0, 0.05) is 18.1 Å². The molecule has 0 spiro atoms. The number of hydrogen-bond acceptors (Lipinski definition) is 4. The van der Waals surface area contributed by atoms with Crippen molar-refractivity contribution in [2.24, 2.45) is 0 Å². The van der Waals surface area contributed by atoms with Crippen molar-refractivity contribution in [1.29, 1.82) is 0 Å². The van der Waals surface area contributed by atoms with Gasteiger partial charge in [0.1, 0.15) is 5.82 Å². The zero-order valence-corrected chi connectivity index (χ0v) is 17.2.